The van der Waals surface area contributed by atoms with E-state index < -0.39 is 0 Å². The van der Waals surface area contributed by atoms with Crippen LogP contribution in [-0.4, -0.2) is 10.5 Å². The quantitative estimate of drug-likeness (QED) is 0.677. The van der Waals surface area contributed by atoms with E-state index in [2.05, 4.69) is 5.32 Å². The smallest absolute Gasteiger partial charge is 0.228 e. The molecule has 3 rings (SSSR count). The third-order valence-corrected chi connectivity index (χ3v) is 5.02. The molecule has 0 fully saturated rings. The van der Waals surface area contributed by atoms with Gasteiger partial charge in [-0.2, -0.15) is 0 Å². The van der Waals surface area contributed by atoms with E-state index >= 15 is 0 Å². The van der Waals surface area contributed by atoms with Gasteiger partial charge >= 0.3 is 0 Å². The van der Waals surface area contributed by atoms with Crippen molar-refractivity contribution >= 4 is 45.8 Å². The molecule has 0 bridgehead atoms. The van der Waals surface area contributed by atoms with Crippen molar-refractivity contribution in [3.63, 3.8) is 0 Å². The molecule has 26 heavy (non-hydrogen) atoms. The summed E-state index contributed by atoms with van der Waals surface area (Å²) >= 11 is 12.2. The summed E-state index contributed by atoms with van der Waals surface area (Å²) < 4.78 is 1.81. The van der Waals surface area contributed by atoms with Crippen LogP contribution in [0.25, 0.3) is 22.0 Å². The molecule has 4 nitrogen and oxygen atoms in total. The Labute approximate surface area is 161 Å². The molecule has 1 heterocycles. The Bertz CT molecular complexity index is 1070. The van der Waals surface area contributed by atoms with Gasteiger partial charge in [0.15, 0.2) is 5.43 Å². The highest BCUT2D eigenvalue weighted by atomic mass is 35.5. The number of hydrogen-bond acceptors (Lipinski definition) is 2. The molecule has 2 aromatic carbocycles. The lowest BCUT2D eigenvalue weighted by Gasteiger charge is -2.19. The summed E-state index contributed by atoms with van der Waals surface area (Å²) in [6.07, 6.45) is 0. The number of amides is 1. The molecule has 134 valence electrons. The van der Waals surface area contributed by atoms with Gasteiger partial charge in [-0.05, 0) is 29.8 Å². The maximum absolute atomic E-state index is 13.2. The van der Waals surface area contributed by atoms with Gasteiger partial charge in [-0.3, -0.25) is 9.59 Å². The second-order valence-electron chi connectivity index (χ2n) is 6.40. The summed E-state index contributed by atoms with van der Waals surface area (Å²) in [7, 11) is 1.82. The summed E-state index contributed by atoms with van der Waals surface area (Å²) in [4.78, 5) is 25.6. The number of aryl methyl sites for hydroxylation is 1. The lowest BCUT2D eigenvalue weighted by Crippen LogP contribution is -2.24. The molecule has 0 aliphatic heterocycles. The van der Waals surface area contributed by atoms with Crippen molar-refractivity contribution in [2.75, 3.05) is 5.32 Å². The van der Waals surface area contributed by atoms with Gasteiger partial charge in [0.25, 0.3) is 0 Å². The van der Waals surface area contributed by atoms with Crippen molar-refractivity contribution in [2.45, 2.75) is 13.8 Å². The van der Waals surface area contributed by atoms with Crippen molar-refractivity contribution in [2.24, 2.45) is 13.0 Å². The number of benzene rings is 2. The number of para-hydroxylation sites is 1. The van der Waals surface area contributed by atoms with Gasteiger partial charge in [0.1, 0.15) is 5.82 Å². The predicted octanol–water partition coefficient (Wildman–Crippen LogP) is 5.11. The molecule has 0 aliphatic carbocycles. The number of carbonyl (C=O) groups is 1. The summed E-state index contributed by atoms with van der Waals surface area (Å²) in [5.74, 6) is 0.0422. The zero-order valence-corrected chi connectivity index (χ0v) is 16.2. The molecule has 0 spiro atoms. The monoisotopic (exact) mass is 388 g/mol. The first-order valence-electron chi connectivity index (χ1n) is 8.19. The van der Waals surface area contributed by atoms with Crippen LogP contribution in [-0.2, 0) is 11.8 Å². The Hall–Kier alpha value is -2.30. The first kappa shape index (κ1) is 18.5. The van der Waals surface area contributed by atoms with E-state index in [1.807, 2.05) is 29.8 Å². The number of rotatable bonds is 3. The van der Waals surface area contributed by atoms with Crippen molar-refractivity contribution in [3.05, 3.63) is 62.7 Å². The Morgan fingerprint density at radius 3 is 2.42 bits per heavy atom. The predicted molar refractivity (Wildman–Crippen MR) is 108 cm³/mol. The number of halogens is 2. The minimum atomic E-state index is -0.224. The zero-order chi connectivity index (χ0) is 19.0. The molecule has 1 aromatic heterocycles. The summed E-state index contributed by atoms with van der Waals surface area (Å²) in [5.41, 5.74) is 1.56. The molecule has 0 atom stereocenters. The third-order valence-electron chi connectivity index (χ3n) is 4.28. The van der Waals surface area contributed by atoms with E-state index in [-0.39, 0.29) is 17.3 Å². The zero-order valence-electron chi connectivity index (χ0n) is 14.6. The summed E-state index contributed by atoms with van der Waals surface area (Å²) in [6, 6.07) is 12.3. The average Bonchev–Trinajstić information content (AvgIpc) is 2.62. The number of carbonyl (C=O) groups excluding carboxylic acids is 1. The van der Waals surface area contributed by atoms with Crippen LogP contribution in [0.1, 0.15) is 13.8 Å². The highest BCUT2D eigenvalue weighted by molar-refractivity contribution is 6.42. The minimum absolute atomic E-state index is 0.170. The van der Waals surface area contributed by atoms with Crippen LogP contribution in [0.15, 0.2) is 47.3 Å². The van der Waals surface area contributed by atoms with Crippen LogP contribution < -0.4 is 10.7 Å². The molecule has 1 N–H and O–H groups in total. The fourth-order valence-electron chi connectivity index (χ4n) is 2.82. The maximum atomic E-state index is 13.2. The highest BCUT2D eigenvalue weighted by Gasteiger charge is 2.20. The average molecular weight is 389 g/mol. The molecular formula is C20H18Cl2N2O2. The maximum Gasteiger partial charge on any atom is 0.228 e. The normalized spacial score (nSPS) is 11.2. The standard InChI is InChI=1S/C20H18Cl2N2O2/c1-11(2)20(26)23-19-17(12-8-9-14(21)15(22)10-12)18(25)13-6-4-5-7-16(13)24(19)3/h4-11H,1-3H3,(H,23,26). The molecule has 0 radical (unpaired) electrons. The van der Waals surface area contributed by atoms with Crippen molar-refractivity contribution in [1.82, 2.24) is 4.57 Å². The molecule has 0 saturated carbocycles. The molecule has 6 heteroatoms. The van der Waals surface area contributed by atoms with Crippen molar-refractivity contribution in [1.29, 1.82) is 0 Å². The number of nitrogens with zero attached hydrogens (tertiary/aromatic N) is 1. The van der Waals surface area contributed by atoms with Gasteiger partial charge in [-0.25, -0.2) is 0 Å². The number of aromatic nitrogens is 1. The second-order valence-corrected chi connectivity index (χ2v) is 7.22. The van der Waals surface area contributed by atoms with Gasteiger partial charge in [-0.15, -0.1) is 0 Å². The van der Waals surface area contributed by atoms with Gasteiger partial charge in [0.05, 0.1) is 21.1 Å². The number of fused-ring (bicyclic) bond motifs is 1. The topological polar surface area (TPSA) is 51.1 Å². The fourth-order valence-corrected chi connectivity index (χ4v) is 3.11. The molecule has 3 aromatic rings. The van der Waals surface area contributed by atoms with E-state index in [9.17, 15) is 9.59 Å². The number of pyridine rings is 1. The van der Waals surface area contributed by atoms with Crippen LogP contribution in [0.4, 0.5) is 5.82 Å². The van der Waals surface area contributed by atoms with Gasteiger partial charge < -0.3 is 9.88 Å². The summed E-state index contributed by atoms with van der Waals surface area (Å²) in [6.45, 7) is 3.60. The third kappa shape index (κ3) is 3.22. The van der Waals surface area contributed by atoms with E-state index in [0.717, 1.165) is 5.52 Å². The Kier molecular flexibility index (Phi) is 5.08. The first-order chi connectivity index (χ1) is 12.3. The number of nitrogens with one attached hydrogen (secondary N) is 1. The Balaban J connectivity index is 2.38. The Morgan fingerprint density at radius 2 is 1.77 bits per heavy atom. The van der Waals surface area contributed by atoms with Crippen molar-refractivity contribution < 1.29 is 4.79 Å². The number of hydrogen-bond donors (Lipinski definition) is 1. The second kappa shape index (κ2) is 7.14. The van der Waals surface area contributed by atoms with Crippen LogP contribution in [0, 0.1) is 5.92 Å². The molecule has 0 saturated heterocycles. The summed E-state index contributed by atoms with van der Waals surface area (Å²) in [5, 5.41) is 4.21. The van der Waals surface area contributed by atoms with Crippen LogP contribution >= 0.6 is 23.2 Å². The molecule has 1 amide bonds. The van der Waals surface area contributed by atoms with Crippen LogP contribution in [0.5, 0.6) is 0 Å². The first-order valence-corrected chi connectivity index (χ1v) is 8.95. The van der Waals surface area contributed by atoms with Crippen LogP contribution in [0.3, 0.4) is 0 Å². The van der Waals surface area contributed by atoms with E-state index in [1.165, 1.54) is 0 Å². The van der Waals surface area contributed by atoms with Crippen LogP contribution in [0.2, 0.25) is 10.0 Å². The van der Waals surface area contributed by atoms with Gasteiger partial charge in [0, 0.05) is 18.4 Å². The minimum Gasteiger partial charge on any atom is -0.330 e. The van der Waals surface area contributed by atoms with Gasteiger partial charge in [-0.1, -0.05) is 55.2 Å². The van der Waals surface area contributed by atoms with E-state index in [0.29, 0.717) is 32.4 Å². The number of anilines is 1. The van der Waals surface area contributed by atoms with Crippen molar-refractivity contribution in [3.8, 4) is 11.1 Å². The Morgan fingerprint density at radius 1 is 1.08 bits per heavy atom. The van der Waals surface area contributed by atoms with Gasteiger partial charge in [0.2, 0.25) is 5.91 Å². The van der Waals surface area contributed by atoms with E-state index in [4.69, 9.17) is 23.2 Å². The largest absolute Gasteiger partial charge is 0.330 e. The highest BCUT2D eigenvalue weighted by Crippen LogP contribution is 2.32. The molecule has 0 unspecified atom stereocenters. The SMILES string of the molecule is CC(C)C(=O)Nc1c(-c2ccc(Cl)c(Cl)c2)c(=O)c2ccccc2n1C. The molecular weight excluding hydrogens is 371 g/mol. The molecule has 0 aliphatic rings. The van der Waals surface area contributed by atoms with E-state index in [1.54, 1.807) is 38.1 Å². The lowest BCUT2D eigenvalue weighted by molar-refractivity contribution is -0.118. The fraction of sp³-hybridized carbons (Fsp3) is 0.200. The lowest BCUT2D eigenvalue weighted by atomic mass is 10.0.